The van der Waals surface area contributed by atoms with E-state index in [1.54, 1.807) is 6.20 Å². The van der Waals surface area contributed by atoms with Crippen LogP contribution in [0, 0.1) is 0 Å². The number of thioether (sulfide) groups is 1. The van der Waals surface area contributed by atoms with Crippen molar-refractivity contribution in [1.29, 1.82) is 0 Å². The van der Waals surface area contributed by atoms with Crippen LogP contribution in [0.3, 0.4) is 0 Å². The van der Waals surface area contributed by atoms with E-state index in [-0.39, 0.29) is 5.91 Å². The number of aliphatic imine (C=N–C) groups is 1. The Morgan fingerprint density at radius 3 is 2.72 bits per heavy atom. The largest absolute Gasteiger partial charge is 0.304 e. The molecule has 2 fully saturated rings. The molecule has 3 aromatic rings. The highest BCUT2D eigenvalue weighted by Crippen LogP contribution is 2.29. The third-order valence-corrected chi connectivity index (χ3v) is 6.65. The van der Waals surface area contributed by atoms with Gasteiger partial charge in [-0.25, -0.2) is 4.99 Å². The predicted octanol–water partition coefficient (Wildman–Crippen LogP) is 3.87. The van der Waals surface area contributed by atoms with Crippen LogP contribution in [0.25, 0.3) is 17.0 Å². The number of likely N-dealkylation sites (N-methyl/N-ethyl adjacent to an activating group) is 1. The van der Waals surface area contributed by atoms with Crippen LogP contribution in [0.1, 0.15) is 11.1 Å². The van der Waals surface area contributed by atoms with Crippen LogP contribution in [-0.4, -0.2) is 59.1 Å². The number of fused-ring (bicyclic) bond motifs is 1. The normalized spacial score (nSPS) is 20.3. The number of rotatable bonds is 4. The summed E-state index contributed by atoms with van der Waals surface area (Å²) in [7, 11) is 2.17. The average molecular weight is 444 g/mol. The Kier molecular flexibility index (Phi) is 6.03. The molecule has 0 atom stereocenters. The number of aromatic nitrogens is 1. The Morgan fingerprint density at radius 1 is 1.09 bits per heavy atom. The zero-order valence-electron chi connectivity index (χ0n) is 18.0. The molecule has 1 aromatic heterocycles. The van der Waals surface area contributed by atoms with E-state index in [0.717, 1.165) is 54.9 Å². The van der Waals surface area contributed by atoms with Gasteiger partial charge in [-0.3, -0.25) is 14.7 Å². The fourth-order valence-electron chi connectivity index (χ4n) is 3.87. The molecule has 2 aliphatic heterocycles. The molecule has 0 radical (unpaired) electrons. The lowest BCUT2D eigenvalue weighted by molar-refractivity contribution is -0.115. The van der Waals surface area contributed by atoms with Gasteiger partial charge in [0.25, 0.3) is 5.91 Å². The van der Waals surface area contributed by atoms with Crippen LogP contribution in [0.2, 0.25) is 0 Å². The number of hydrogen-bond donors (Lipinski definition) is 1. The molecular weight excluding hydrogens is 418 g/mol. The standard InChI is InChI=1S/C25H25N5OS/c1-29-11-13-30(14-12-29)17-18-4-7-21(8-5-18)27-25-28-24(31)23(32-25)16-19-6-9-22-20(15-19)3-2-10-26-22/h2-10,15-16H,11-14,17H2,1H3,(H,27,28,31)/b23-16-. The molecule has 0 saturated carbocycles. The molecule has 6 nitrogen and oxygen atoms in total. The Labute approximate surface area is 192 Å². The van der Waals surface area contributed by atoms with E-state index < -0.39 is 0 Å². The fraction of sp³-hybridized carbons (Fsp3) is 0.240. The molecule has 162 valence electrons. The van der Waals surface area contributed by atoms with Crippen molar-refractivity contribution in [3.05, 3.63) is 76.8 Å². The molecule has 5 rings (SSSR count). The summed E-state index contributed by atoms with van der Waals surface area (Å²) in [5.74, 6) is -0.119. The number of carbonyl (C=O) groups is 1. The molecule has 7 heteroatoms. The molecule has 0 aliphatic carbocycles. The predicted molar refractivity (Wildman–Crippen MR) is 132 cm³/mol. The third kappa shape index (κ3) is 4.91. The summed E-state index contributed by atoms with van der Waals surface area (Å²) < 4.78 is 0. The Hall–Kier alpha value is -3.00. The van der Waals surface area contributed by atoms with E-state index in [9.17, 15) is 4.79 Å². The zero-order chi connectivity index (χ0) is 21.9. The molecule has 2 saturated heterocycles. The lowest BCUT2D eigenvalue weighted by atomic mass is 10.1. The number of hydrogen-bond acceptors (Lipinski definition) is 6. The highest BCUT2D eigenvalue weighted by molar-refractivity contribution is 8.18. The first-order valence-corrected chi connectivity index (χ1v) is 11.6. The van der Waals surface area contributed by atoms with Gasteiger partial charge in [-0.1, -0.05) is 24.3 Å². The van der Waals surface area contributed by atoms with Crippen molar-refractivity contribution in [1.82, 2.24) is 20.1 Å². The van der Waals surface area contributed by atoms with Gasteiger partial charge in [0.15, 0.2) is 5.17 Å². The van der Waals surface area contributed by atoms with Gasteiger partial charge >= 0.3 is 0 Å². The summed E-state index contributed by atoms with van der Waals surface area (Å²) in [6.07, 6.45) is 3.68. The van der Waals surface area contributed by atoms with E-state index in [1.807, 2.05) is 48.5 Å². The molecule has 32 heavy (non-hydrogen) atoms. The smallest absolute Gasteiger partial charge is 0.264 e. The lowest BCUT2D eigenvalue weighted by Gasteiger charge is -2.32. The maximum Gasteiger partial charge on any atom is 0.264 e. The van der Waals surface area contributed by atoms with E-state index in [0.29, 0.717) is 10.1 Å². The molecule has 1 N–H and O–H groups in total. The molecule has 0 spiro atoms. The van der Waals surface area contributed by atoms with Crippen LogP contribution < -0.4 is 5.32 Å². The Balaban J connectivity index is 1.26. The van der Waals surface area contributed by atoms with Gasteiger partial charge in [-0.15, -0.1) is 0 Å². The van der Waals surface area contributed by atoms with Gasteiger partial charge in [0.05, 0.1) is 16.1 Å². The van der Waals surface area contributed by atoms with E-state index in [2.05, 4.69) is 44.3 Å². The summed E-state index contributed by atoms with van der Waals surface area (Å²) in [6.45, 7) is 5.41. The van der Waals surface area contributed by atoms with Crippen LogP contribution in [0.5, 0.6) is 0 Å². The van der Waals surface area contributed by atoms with E-state index in [1.165, 1.54) is 17.3 Å². The summed E-state index contributed by atoms with van der Waals surface area (Å²) >= 11 is 1.37. The SMILES string of the molecule is CN1CCN(Cc2ccc(/N=C3/NC(=O)/C(=C/c4ccc5ncccc5c4)S3)cc2)CC1. The number of pyridine rings is 1. The molecule has 1 amide bonds. The summed E-state index contributed by atoms with van der Waals surface area (Å²) in [5.41, 5.74) is 4.04. The number of carbonyl (C=O) groups excluding carboxylic acids is 1. The number of amides is 1. The molecule has 0 bridgehead atoms. The lowest BCUT2D eigenvalue weighted by Crippen LogP contribution is -2.43. The molecule has 2 aromatic carbocycles. The maximum atomic E-state index is 12.4. The number of benzene rings is 2. The molecular formula is C25H25N5OS. The topological polar surface area (TPSA) is 60.8 Å². The Morgan fingerprint density at radius 2 is 1.91 bits per heavy atom. The monoisotopic (exact) mass is 443 g/mol. The summed E-state index contributed by atoms with van der Waals surface area (Å²) in [4.78, 5) is 26.9. The second-order valence-electron chi connectivity index (χ2n) is 8.18. The molecule has 0 unspecified atom stereocenters. The Bertz CT molecular complexity index is 1200. The van der Waals surface area contributed by atoms with Gasteiger partial charge in [0, 0.05) is 44.3 Å². The van der Waals surface area contributed by atoms with Gasteiger partial charge in [-0.2, -0.15) is 0 Å². The first-order chi connectivity index (χ1) is 15.6. The first kappa shape index (κ1) is 20.9. The van der Waals surface area contributed by atoms with E-state index in [4.69, 9.17) is 0 Å². The van der Waals surface area contributed by atoms with Crippen molar-refractivity contribution in [3.8, 4) is 0 Å². The van der Waals surface area contributed by atoms with Crippen LogP contribution in [0.4, 0.5) is 5.69 Å². The zero-order valence-corrected chi connectivity index (χ0v) is 18.8. The van der Waals surface area contributed by atoms with Gasteiger partial charge in [-0.05, 0) is 66.3 Å². The second-order valence-corrected chi connectivity index (χ2v) is 9.21. The van der Waals surface area contributed by atoms with Gasteiger partial charge in [0.1, 0.15) is 0 Å². The van der Waals surface area contributed by atoms with Crippen molar-refractivity contribution >= 4 is 45.5 Å². The van der Waals surface area contributed by atoms with Crippen molar-refractivity contribution in [3.63, 3.8) is 0 Å². The number of amidine groups is 1. The highest BCUT2D eigenvalue weighted by atomic mass is 32.2. The molecule has 3 heterocycles. The quantitative estimate of drug-likeness (QED) is 0.620. The number of nitrogens with zero attached hydrogens (tertiary/aromatic N) is 4. The minimum atomic E-state index is -0.119. The second kappa shape index (κ2) is 9.24. The number of nitrogens with one attached hydrogen (secondary N) is 1. The highest BCUT2D eigenvalue weighted by Gasteiger charge is 2.23. The third-order valence-electron chi connectivity index (χ3n) is 5.74. The van der Waals surface area contributed by atoms with Crippen molar-refractivity contribution in [2.24, 2.45) is 4.99 Å². The summed E-state index contributed by atoms with van der Waals surface area (Å²) in [6, 6.07) is 18.2. The molecule has 2 aliphatic rings. The van der Waals surface area contributed by atoms with Crippen molar-refractivity contribution < 1.29 is 4.79 Å². The summed E-state index contributed by atoms with van der Waals surface area (Å²) in [5, 5.41) is 4.53. The van der Waals surface area contributed by atoms with E-state index >= 15 is 0 Å². The fourth-order valence-corrected chi connectivity index (χ4v) is 4.71. The minimum absolute atomic E-state index is 0.119. The van der Waals surface area contributed by atoms with Gasteiger partial charge < -0.3 is 10.2 Å². The van der Waals surface area contributed by atoms with Gasteiger partial charge in [0.2, 0.25) is 0 Å². The maximum absolute atomic E-state index is 12.4. The van der Waals surface area contributed by atoms with Crippen LogP contribution in [-0.2, 0) is 11.3 Å². The van der Waals surface area contributed by atoms with Crippen molar-refractivity contribution in [2.45, 2.75) is 6.54 Å². The van der Waals surface area contributed by atoms with Crippen molar-refractivity contribution in [2.75, 3.05) is 33.2 Å². The first-order valence-electron chi connectivity index (χ1n) is 10.8. The van der Waals surface area contributed by atoms with Crippen LogP contribution in [0.15, 0.2) is 70.7 Å². The van der Waals surface area contributed by atoms with Crippen LogP contribution >= 0.6 is 11.8 Å². The number of piperazine rings is 1. The minimum Gasteiger partial charge on any atom is -0.304 e. The average Bonchev–Trinajstić information content (AvgIpc) is 3.15.